The van der Waals surface area contributed by atoms with E-state index in [1.165, 1.54) is 57.6 Å². The summed E-state index contributed by atoms with van der Waals surface area (Å²) in [7, 11) is 0. The van der Waals surface area contributed by atoms with E-state index in [1.54, 1.807) is 0 Å². The summed E-state index contributed by atoms with van der Waals surface area (Å²) in [6.45, 7) is 11.4. The second kappa shape index (κ2) is 11.0. The standard InChI is InChI=1S/C22H34N4/c1-4-13-25(14-5-2)16-9-7-8-10-22-24-20-12-11-19(18-23)17-21(20)26(22)15-6-3/h11-12,17H,4-10,13-16H2,1-3H3. The van der Waals surface area contributed by atoms with Gasteiger partial charge in [0.2, 0.25) is 0 Å². The molecule has 142 valence electrons. The molecule has 1 heterocycles. The Bertz CT molecular complexity index is 705. The monoisotopic (exact) mass is 354 g/mol. The lowest BCUT2D eigenvalue weighted by Crippen LogP contribution is -2.26. The van der Waals surface area contributed by atoms with Crippen LogP contribution in [0, 0.1) is 11.3 Å². The molecule has 0 fully saturated rings. The molecule has 2 aromatic rings. The number of nitriles is 1. The van der Waals surface area contributed by atoms with Crippen LogP contribution in [0.2, 0.25) is 0 Å². The largest absolute Gasteiger partial charge is 0.328 e. The number of imidazole rings is 1. The molecule has 0 bridgehead atoms. The number of unbranched alkanes of at least 4 members (excludes halogenated alkanes) is 2. The molecular formula is C22H34N4. The van der Waals surface area contributed by atoms with Crippen LogP contribution >= 0.6 is 0 Å². The summed E-state index contributed by atoms with van der Waals surface area (Å²) in [5, 5.41) is 9.16. The van der Waals surface area contributed by atoms with Gasteiger partial charge in [0, 0.05) is 13.0 Å². The highest BCUT2D eigenvalue weighted by atomic mass is 15.1. The topological polar surface area (TPSA) is 44.9 Å². The van der Waals surface area contributed by atoms with Gasteiger partial charge in [-0.15, -0.1) is 0 Å². The Morgan fingerprint density at radius 2 is 1.77 bits per heavy atom. The predicted molar refractivity (Wildman–Crippen MR) is 109 cm³/mol. The second-order valence-electron chi connectivity index (χ2n) is 7.15. The van der Waals surface area contributed by atoms with Crippen molar-refractivity contribution in [1.82, 2.24) is 14.5 Å². The molecule has 0 unspecified atom stereocenters. The van der Waals surface area contributed by atoms with Crippen LogP contribution in [0.1, 0.15) is 70.7 Å². The van der Waals surface area contributed by atoms with Gasteiger partial charge in [-0.2, -0.15) is 5.26 Å². The smallest absolute Gasteiger partial charge is 0.109 e. The number of hydrogen-bond acceptors (Lipinski definition) is 3. The molecular weight excluding hydrogens is 320 g/mol. The van der Waals surface area contributed by atoms with Gasteiger partial charge < -0.3 is 9.47 Å². The third-order valence-electron chi connectivity index (χ3n) is 4.86. The maximum absolute atomic E-state index is 9.16. The number of nitrogens with zero attached hydrogens (tertiary/aromatic N) is 4. The van der Waals surface area contributed by atoms with Gasteiger partial charge in [-0.25, -0.2) is 4.98 Å². The van der Waals surface area contributed by atoms with Gasteiger partial charge in [0.1, 0.15) is 5.82 Å². The van der Waals surface area contributed by atoms with E-state index in [1.807, 2.05) is 18.2 Å². The molecule has 0 atom stereocenters. The van der Waals surface area contributed by atoms with E-state index < -0.39 is 0 Å². The Kier molecular flexibility index (Phi) is 8.64. The molecule has 0 aliphatic rings. The van der Waals surface area contributed by atoms with Crippen LogP contribution in [0.4, 0.5) is 0 Å². The van der Waals surface area contributed by atoms with Crippen LogP contribution in [0.3, 0.4) is 0 Å². The van der Waals surface area contributed by atoms with E-state index >= 15 is 0 Å². The molecule has 0 spiro atoms. The van der Waals surface area contributed by atoms with E-state index in [2.05, 4.69) is 36.3 Å². The number of fused-ring (bicyclic) bond motifs is 1. The zero-order valence-electron chi connectivity index (χ0n) is 16.8. The zero-order valence-corrected chi connectivity index (χ0v) is 16.8. The van der Waals surface area contributed by atoms with Crippen LogP contribution in [0.5, 0.6) is 0 Å². The fraction of sp³-hybridized carbons (Fsp3) is 0.636. The van der Waals surface area contributed by atoms with Crippen molar-refractivity contribution in [3.05, 3.63) is 29.6 Å². The van der Waals surface area contributed by atoms with Crippen molar-refractivity contribution in [1.29, 1.82) is 5.26 Å². The van der Waals surface area contributed by atoms with Crippen molar-refractivity contribution in [2.45, 2.75) is 72.3 Å². The molecule has 4 nitrogen and oxygen atoms in total. The van der Waals surface area contributed by atoms with Crippen LogP contribution in [-0.4, -0.2) is 34.1 Å². The van der Waals surface area contributed by atoms with Gasteiger partial charge in [0.05, 0.1) is 22.7 Å². The normalized spacial score (nSPS) is 11.3. The Labute approximate surface area is 158 Å². The van der Waals surface area contributed by atoms with Gasteiger partial charge in [0.25, 0.3) is 0 Å². The van der Waals surface area contributed by atoms with Crippen LogP contribution in [-0.2, 0) is 13.0 Å². The Hall–Kier alpha value is -1.86. The van der Waals surface area contributed by atoms with Crippen molar-refractivity contribution in [2.24, 2.45) is 0 Å². The predicted octanol–water partition coefficient (Wildman–Crippen LogP) is 5.15. The third-order valence-corrected chi connectivity index (χ3v) is 4.86. The van der Waals surface area contributed by atoms with Crippen LogP contribution in [0.15, 0.2) is 18.2 Å². The molecule has 0 saturated heterocycles. The zero-order chi connectivity index (χ0) is 18.8. The first-order valence-corrected chi connectivity index (χ1v) is 10.3. The molecule has 0 aliphatic heterocycles. The maximum Gasteiger partial charge on any atom is 0.109 e. The van der Waals surface area contributed by atoms with E-state index in [9.17, 15) is 0 Å². The Balaban J connectivity index is 1.93. The summed E-state index contributed by atoms with van der Waals surface area (Å²) in [6, 6.07) is 8.07. The van der Waals surface area contributed by atoms with Crippen molar-refractivity contribution < 1.29 is 0 Å². The molecule has 1 aromatic heterocycles. The lowest BCUT2D eigenvalue weighted by Gasteiger charge is -2.20. The molecule has 0 aliphatic carbocycles. The van der Waals surface area contributed by atoms with E-state index in [-0.39, 0.29) is 0 Å². The van der Waals surface area contributed by atoms with E-state index in [0.717, 1.165) is 30.4 Å². The first-order valence-electron chi connectivity index (χ1n) is 10.3. The van der Waals surface area contributed by atoms with Crippen molar-refractivity contribution in [3.8, 4) is 6.07 Å². The number of benzene rings is 1. The van der Waals surface area contributed by atoms with E-state index in [0.29, 0.717) is 5.56 Å². The summed E-state index contributed by atoms with van der Waals surface area (Å²) in [6.07, 6.45) is 8.30. The van der Waals surface area contributed by atoms with Crippen LogP contribution < -0.4 is 0 Å². The summed E-state index contributed by atoms with van der Waals surface area (Å²) in [5.74, 6) is 1.18. The van der Waals surface area contributed by atoms with Gasteiger partial charge in [-0.1, -0.05) is 27.2 Å². The molecule has 1 aromatic carbocycles. The quantitative estimate of drug-likeness (QED) is 0.495. The molecule has 4 heteroatoms. The minimum atomic E-state index is 0.716. The average Bonchev–Trinajstić information content (AvgIpc) is 2.99. The summed E-state index contributed by atoms with van der Waals surface area (Å²) in [5.41, 5.74) is 2.84. The first kappa shape index (κ1) is 20.5. The fourth-order valence-corrected chi connectivity index (χ4v) is 3.67. The van der Waals surface area contributed by atoms with Crippen molar-refractivity contribution in [2.75, 3.05) is 19.6 Å². The third kappa shape index (κ3) is 5.57. The lowest BCUT2D eigenvalue weighted by atomic mass is 10.1. The number of aryl methyl sites for hydroxylation is 2. The SMILES string of the molecule is CCCN(CCC)CCCCCc1nc2ccc(C#N)cc2n1CCC. The average molecular weight is 355 g/mol. The molecule has 0 N–H and O–H groups in total. The number of hydrogen-bond donors (Lipinski definition) is 0. The van der Waals surface area contributed by atoms with Crippen LogP contribution in [0.25, 0.3) is 11.0 Å². The second-order valence-corrected chi connectivity index (χ2v) is 7.15. The van der Waals surface area contributed by atoms with Gasteiger partial charge >= 0.3 is 0 Å². The minimum absolute atomic E-state index is 0.716. The van der Waals surface area contributed by atoms with Gasteiger partial charge in [-0.3, -0.25) is 0 Å². The van der Waals surface area contributed by atoms with Crippen molar-refractivity contribution >= 4 is 11.0 Å². The molecule has 26 heavy (non-hydrogen) atoms. The highest BCUT2D eigenvalue weighted by Gasteiger charge is 2.11. The summed E-state index contributed by atoms with van der Waals surface area (Å²) >= 11 is 0. The van der Waals surface area contributed by atoms with E-state index in [4.69, 9.17) is 10.2 Å². The number of rotatable bonds is 12. The fourth-order valence-electron chi connectivity index (χ4n) is 3.67. The highest BCUT2D eigenvalue weighted by molar-refractivity contribution is 5.77. The summed E-state index contributed by atoms with van der Waals surface area (Å²) < 4.78 is 2.32. The lowest BCUT2D eigenvalue weighted by molar-refractivity contribution is 0.268. The van der Waals surface area contributed by atoms with Gasteiger partial charge in [-0.05, 0) is 69.9 Å². The number of aromatic nitrogens is 2. The maximum atomic E-state index is 9.16. The van der Waals surface area contributed by atoms with Gasteiger partial charge in [0.15, 0.2) is 0 Å². The Morgan fingerprint density at radius 1 is 1.00 bits per heavy atom. The summed E-state index contributed by atoms with van der Waals surface area (Å²) in [4.78, 5) is 7.43. The molecule has 0 amide bonds. The molecule has 0 saturated carbocycles. The first-order chi connectivity index (χ1) is 12.7. The minimum Gasteiger partial charge on any atom is -0.328 e. The molecule has 2 rings (SSSR count). The molecule has 0 radical (unpaired) electrons. The Morgan fingerprint density at radius 3 is 2.42 bits per heavy atom. The highest BCUT2D eigenvalue weighted by Crippen LogP contribution is 2.20. The van der Waals surface area contributed by atoms with Crippen molar-refractivity contribution in [3.63, 3.8) is 0 Å².